The van der Waals surface area contributed by atoms with Crippen molar-refractivity contribution in [2.24, 2.45) is 4.99 Å². The molecule has 4 nitrogen and oxygen atoms in total. The van der Waals surface area contributed by atoms with Gasteiger partial charge in [0.15, 0.2) is 15.0 Å². The van der Waals surface area contributed by atoms with Crippen molar-refractivity contribution in [3.8, 4) is 0 Å². The molecule has 0 N–H and O–H groups in total. The summed E-state index contributed by atoms with van der Waals surface area (Å²) in [7, 11) is -3.02. The zero-order valence-corrected chi connectivity index (χ0v) is 14.6. The van der Waals surface area contributed by atoms with Gasteiger partial charge in [0.25, 0.3) is 0 Å². The summed E-state index contributed by atoms with van der Waals surface area (Å²) in [6.07, 6.45) is 0. The summed E-state index contributed by atoms with van der Waals surface area (Å²) in [5.74, 6) is 1.04. The second-order valence-electron chi connectivity index (χ2n) is 5.72. The van der Waals surface area contributed by atoms with Crippen LogP contribution in [0.15, 0.2) is 41.4 Å². The van der Waals surface area contributed by atoms with E-state index in [0.29, 0.717) is 5.02 Å². The van der Waals surface area contributed by atoms with Crippen LogP contribution < -0.4 is 4.90 Å². The Bertz CT molecular complexity index is 746. The molecule has 1 fully saturated rings. The largest absolute Gasteiger partial charge is 0.315 e. The first-order valence-corrected chi connectivity index (χ1v) is 10.1. The van der Waals surface area contributed by atoms with Crippen molar-refractivity contribution in [3.05, 3.63) is 41.4 Å². The van der Waals surface area contributed by atoms with Crippen LogP contribution in [0.1, 0.15) is 6.92 Å². The van der Waals surface area contributed by atoms with E-state index in [9.17, 15) is 8.42 Å². The normalized spacial score (nSPS) is 25.9. The molecule has 1 saturated heterocycles. The van der Waals surface area contributed by atoms with E-state index in [1.807, 2.05) is 36.1 Å². The molecule has 2 aliphatic rings. The second-order valence-corrected chi connectivity index (χ2v) is 9.25. The van der Waals surface area contributed by atoms with Crippen molar-refractivity contribution in [1.82, 2.24) is 0 Å². The van der Waals surface area contributed by atoms with Gasteiger partial charge in [0.05, 0.1) is 23.6 Å². The van der Waals surface area contributed by atoms with E-state index in [4.69, 9.17) is 11.6 Å². The lowest BCUT2D eigenvalue weighted by Crippen LogP contribution is -2.39. The molecule has 2 aliphatic heterocycles. The number of anilines is 1. The number of aliphatic imine (C=N–C) groups is 1. The van der Waals surface area contributed by atoms with Gasteiger partial charge in [0, 0.05) is 16.5 Å². The minimum Gasteiger partial charge on any atom is -0.315 e. The average molecular weight is 357 g/mol. The highest BCUT2D eigenvalue weighted by Crippen LogP contribution is 2.36. The van der Waals surface area contributed by atoms with Crippen LogP contribution in [0.5, 0.6) is 0 Å². The van der Waals surface area contributed by atoms with Gasteiger partial charge in [0.1, 0.15) is 0 Å². The van der Waals surface area contributed by atoms with E-state index in [1.54, 1.807) is 11.8 Å². The third-order valence-electron chi connectivity index (χ3n) is 3.64. The molecule has 0 aromatic heterocycles. The van der Waals surface area contributed by atoms with E-state index in [1.165, 1.54) is 0 Å². The maximum Gasteiger partial charge on any atom is 0.164 e. The van der Waals surface area contributed by atoms with Crippen molar-refractivity contribution in [3.63, 3.8) is 0 Å². The Balaban J connectivity index is 1.95. The third kappa shape index (κ3) is 3.19. The van der Waals surface area contributed by atoms with Gasteiger partial charge in [-0.05, 0) is 25.1 Å². The molecule has 0 aliphatic carbocycles. The Morgan fingerprint density at radius 2 is 2.27 bits per heavy atom. The standard InChI is InChI=1S/C15H17ClN2O2S2/c1-10(2)7-21-15-17-13-8-22(19,20)9-14(13)18(15)12-5-3-4-11(16)6-12/h3-6,13-14H,1,7-9H2,2H3/t13-,14-/m1/s1. The molecule has 0 unspecified atom stereocenters. The Labute approximate surface area is 140 Å². The molecule has 2 heterocycles. The molecule has 3 rings (SSSR count). The summed E-state index contributed by atoms with van der Waals surface area (Å²) in [6, 6.07) is 7.16. The molecule has 2 atom stereocenters. The second kappa shape index (κ2) is 5.91. The molecule has 0 radical (unpaired) electrons. The van der Waals surface area contributed by atoms with Crippen LogP contribution in [-0.4, -0.2) is 42.9 Å². The molecule has 22 heavy (non-hydrogen) atoms. The average Bonchev–Trinajstić information content (AvgIpc) is 2.87. The van der Waals surface area contributed by atoms with E-state index in [2.05, 4.69) is 11.6 Å². The predicted octanol–water partition coefficient (Wildman–Crippen LogP) is 2.99. The fraction of sp³-hybridized carbons (Fsp3) is 0.400. The van der Waals surface area contributed by atoms with E-state index in [-0.39, 0.29) is 23.6 Å². The molecule has 0 spiro atoms. The van der Waals surface area contributed by atoms with Gasteiger partial charge in [-0.15, -0.1) is 0 Å². The van der Waals surface area contributed by atoms with Gasteiger partial charge >= 0.3 is 0 Å². The Hall–Kier alpha value is -0.980. The van der Waals surface area contributed by atoms with E-state index in [0.717, 1.165) is 22.2 Å². The molecular formula is C15H17ClN2O2S2. The molecule has 0 bridgehead atoms. The van der Waals surface area contributed by atoms with E-state index < -0.39 is 9.84 Å². The smallest absolute Gasteiger partial charge is 0.164 e. The monoisotopic (exact) mass is 356 g/mol. The van der Waals surface area contributed by atoms with Crippen molar-refractivity contribution >= 4 is 44.1 Å². The first-order valence-electron chi connectivity index (χ1n) is 6.96. The van der Waals surface area contributed by atoms with Crippen LogP contribution in [0.25, 0.3) is 0 Å². The highest BCUT2D eigenvalue weighted by atomic mass is 35.5. The van der Waals surface area contributed by atoms with Gasteiger partial charge < -0.3 is 4.90 Å². The maximum absolute atomic E-state index is 11.9. The first-order chi connectivity index (χ1) is 10.4. The molecule has 0 amide bonds. The molecule has 0 saturated carbocycles. The van der Waals surface area contributed by atoms with Crippen LogP contribution in [0.3, 0.4) is 0 Å². The minimum absolute atomic E-state index is 0.129. The number of hydrogen-bond acceptors (Lipinski definition) is 5. The minimum atomic E-state index is -3.02. The zero-order valence-electron chi connectivity index (χ0n) is 12.2. The topological polar surface area (TPSA) is 49.7 Å². The molecule has 7 heteroatoms. The maximum atomic E-state index is 11.9. The fourth-order valence-electron chi connectivity index (χ4n) is 2.75. The zero-order chi connectivity index (χ0) is 15.9. The lowest BCUT2D eigenvalue weighted by Gasteiger charge is -2.26. The van der Waals surface area contributed by atoms with Crippen molar-refractivity contribution < 1.29 is 8.42 Å². The lowest BCUT2D eigenvalue weighted by atomic mass is 10.1. The number of hydrogen-bond donors (Lipinski definition) is 0. The van der Waals surface area contributed by atoms with Gasteiger partial charge in [-0.25, -0.2) is 8.42 Å². The molecular weight excluding hydrogens is 340 g/mol. The number of nitrogens with zero attached hydrogens (tertiary/aromatic N) is 2. The Morgan fingerprint density at radius 1 is 1.50 bits per heavy atom. The number of benzene rings is 1. The fourth-order valence-corrected chi connectivity index (χ4v) is 5.74. The summed E-state index contributed by atoms with van der Waals surface area (Å²) in [5, 5.41) is 1.49. The van der Waals surface area contributed by atoms with Gasteiger partial charge in [-0.1, -0.05) is 41.6 Å². The third-order valence-corrected chi connectivity index (χ3v) is 6.77. The van der Waals surface area contributed by atoms with Crippen molar-refractivity contribution in [2.75, 3.05) is 22.2 Å². The summed E-state index contributed by atoms with van der Waals surface area (Å²) >= 11 is 7.69. The summed E-state index contributed by atoms with van der Waals surface area (Å²) in [5.41, 5.74) is 1.95. The molecule has 118 valence electrons. The number of halogens is 1. The molecule has 1 aromatic carbocycles. The predicted molar refractivity (Wildman–Crippen MR) is 94.9 cm³/mol. The number of amidine groups is 1. The van der Waals surface area contributed by atoms with E-state index >= 15 is 0 Å². The Morgan fingerprint density at radius 3 is 2.95 bits per heavy atom. The summed E-state index contributed by atoms with van der Waals surface area (Å²) in [6.45, 7) is 5.88. The summed E-state index contributed by atoms with van der Waals surface area (Å²) in [4.78, 5) is 6.67. The number of sulfone groups is 1. The quantitative estimate of drug-likeness (QED) is 0.781. The number of thioether (sulfide) groups is 1. The SMILES string of the molecule is C=C(C)CSC1=N[C@@H]2CS(=O)(=O)C[C@H]2N1c1cccc(Cl)c1. The number of fused-ring (bicyclic) bond motifs is 1. The molecule has 1 aromatic rings. The van der Waals surface area contributed by atoms with Gasteiger partial charge in [-0.2, -0.15) is 0 Å². The highest BCUT2D eigenvalue weighted by Gasteiger charge is 2.47. The Kier molecular flexibility index (Phi) is 4.27. The van der Waals surface area contributed by atoms with Gasteiger partial charge in [-0.3, -0.25) is 4.99 Å². The van der Waals surface area contributed by atoms with Gasteiger partial charge in [0.2, 0.25) is 0 Å². The first kappa shape index (κ1) is 15.9. The number of rotatable bonds is 3. The van der Waals surface area contributed by atoms with Crippen LogP contribution in [0.4, 0.5) is 5.69 Å². The van der Waals surface area contributed by atoms with Crippen LogP contribution in [0.2, 0.25) is 5.02 Å². The highest BCUT2D eigenvalue weighted by molar-refractivity contribution is 8.14. The summed E-state index contributed by atoms with van der Waals surface area (Å²) < 4.78 is 23.8. The van der Waals surface area contributed by atoms with Crippen molar-refractivity contribution in [2.45, 2.75) is 19.0 Å². The van der Waals surface area contributed by atoms with Crippen LogP contribution in [0, 0.1) is 0 Å². The van der Waals surface area contributed by atoms with Crippen LogP contribution in [-0.2, 0) is 9.84 Å². The lowest BCUT2D eigenvalue weighted by molar-refractivity contribution is 0.601. The van der Waals surface area contributed by atoms with Crippen molar-refractivity contribution in [1.29, 1.82) is 0 Å². The van der Waals surface area contributed by atoms with Crippen LogP contribution >= 0.6 is 23.4 Å².